The van der Waals surface area contributed by atoms with E-state index in [2.05, 4.69) is 25.7 Å². The fourth-order valence-electron chi connectivity index (χ4n) is 1.93. The van der Waals surface area contributed by atoms with Crippen LogP contribution in [0, 0.1) is 0 Å². The maximum atomic E-state index is 10.2. The average molecular weight is 244 g/mol. The summed E-state index contributed by atoms with van der Waals surface area (Å²) >= 11 is 0. The molecule has 1 N–H and O–H groups in total. The lowest BCUT2D eigenvalue weighted by Crippen LogP contribution is -2.37. The lowest BCUT2D eigenvalue weighted by Gasteiger charge is -2.30. The number of aliphatic hydroxyl groups is 1. The fraction of sp³-hybridized carbons (Fsp3) is 0.538. The molecule has 92 valence electrons. The van der Waals surface area contributed by atoms with Gasteiger partial charge in [0.25, 0.3) is 0 Å². The zero-order chi connectivity index (χ0) is 11.3. The van der Waals surface area contributed by atoms with Crippen LogP contribution in [0.1, 0.15) is 32.4 Å². The molecule has 16 heavy (non-hydrogen) atoms. The predicted molar refractivity (Wildman–Crippen MR) is 71.0 cm³/mol. The molecular weight excluding hydrogens is 222 g/mol. The largest absolute Gasteiger partial charge is 0.387 e. The molecule has 1 rings (SSSR count). The molecule has 0 saturated heterocycles. The molecule has 0 radical (unpaired) electrons. The summed E-state index contributed by atoms with van der Waals surface area (Å²) in [7, 11) is 0. The van der Waals surface area contributed by atoms with E-state index in [0.29, 0.717) is 0 Å². The van der Waals surface area contributed by atoms with Crippen LogP contribution in [0.15, 0.2) is 30.3 Å². The number of nitrogens with zero attached hydrogens (tertiary/aromatic N) is 1. The molecule has 0 heterocycles. The van der Waals surface area contributed by atoms with E-state index in [0.717, 1.165) is 18.7 Å². The predicted octanol–water partition coefficient (Wildman–Crippen LogP) is 2.87. The Morgan fingerprint density at radius 1 is 1.12 bits per heavy atom. The van der Waals surface area contributed by atoms with Gasteiger partial charge >= 0.3 is 0 Å². The molecule has 0 saturated carbocycles. The van der Waals surface area contributed by atoms with Gasteiger partial charge in [-0.25, -0.2) is 0 Å². The summed E-state index contributed by atoms with van der Waals surface area (Å²) in [5.74, 6) is 0. The summed E-state index contributed by atoms with van der Waals surface area (Å²) in [6.07, 6.45) is -0.397. The zero-order valence-corrected chi connectivity index (χ0v) is 11.1. The molecule has 0 aliphatic carbocycles. The number of aliphatic hydroxyl groups excluding tert-OH is 1. The van der Waals surface area contributed by atoms with Crippen LogP contribution in [0.2, 0.25) is 0 Å². The molecular formula is C13H22ClNO. The highest BCUT2D eigenvalue weighted by Crippen LogP contribution is 2.20. The topological polar surface area (TPSA) is 23.5 Å². The van der Waals surface area contributed by atoms with Crippen molar-refractivity contribution in [3.05, 3.63) is 35.9 Å². The quantitative estimate of drug-likeness (QED) is 0.860. The molecule has 0 aromatic heterocycles. The van der Waals surface area contributed by atoms with E-state index in [1.54, 1.807) is 0 Å². The monoisotopic (exact) mass is 243 g/mol. The molecule has 0 amide bonds. The molecule has 0 spiro atoms. The van der Waals surface area contributed by atoms with Crippen LogP contribution >= 0.6 is 12.4 Å². The van der Waals surface area contributed by atoms with Crippen molar-refractivity contribution >= 4 is 12.4 Å². The van der Waals surface area contributed by atoms with Crippen LogP contribution in [-0.4, -0.2) is 29.1 Å². The van der Waals surface area contributed by atoms with Crippen LogP contribution in [0.4, 0.5) is 0 Å². The van der Waals surface area contributed by atoms with Crippen molar-refractivity contribution in [2.45, 2.75) is 32.9 Å². The van der Waals surface area contributed by atoms with Gasteiger partial charge in [0.2, 0.25) is 0 Å². The number of hydrogen-bond acceptors (Lipinski definition) is 2. The van der Waals surface area contributed by atoms with Crippen molar-refractivity contribution in [2.24, 2.45) is 0 Å². The minimum Gasteiger partial charge on any atom is -0.387 e. The van der Waals surface area contributed by atoms with Gasteiger partial charge in [-0.1, -0.05) is 44.2 Å². The van der Waals surface area contributed by atoms with E-state index in [1.807, 2.05) is 30.3 Å². The SMILES string of the molecule is CCN(CC)C(C)C(O)c1ccccc1.Cl. The van der Waals surface area contributed by atoms with Crippen molar-refractivity contribution in [3.63, 3.8) is 0 Å². The number of hydrogen-bond donors (Lipinski definition) is 1. The normalized spacial score (nSPS) is 14.3. The second-order valence-corrected chi connectivity index (χ2v) is 3.82. The summed E-state index contributed by atoms with van der Waals surface area (Å²) in [6, 6.07) is 10.0. The van der Waals surface area contributed by atoms with E-state index in [1.165, 1.54) is 0 Å². The summed E-state index contributed by atoms with van der Waals surface area (Å²) in [6.45, 7) is 8.27. The Hall–Kier alpha value is -0.570. The minimum atomic E-state index is -0.397. The van der Waals surface area contributed by atoms with Crippen LogP contribution in [-0.2, 0) is 0 Å². The Morgan fingerprint density at radius 3 is 2.06 bits per heavy atom. The first-order valence-corrected chi connectivity index (χ1v) is 5.67. The highest BCUT2D eigenvalue weighted by Gasteiger charge is 2.20. The van der Waals surface area contributed by atoms with Gasteiger partial charge in [-0.05, 0) is 25.6 Å². The average Bonchev–Trinajstić information content (AvgIpc) is 2.30. The maximum absolute atomic E-state index is 10.2. The molecule has 3 heteroatoms. The highest BCUT2D eigenvalue weighted by atomic mass is 35.5. The maximum Gasteiger partial charge on any atom is 0.0942 e. The fourth-order valence-corrected chi connectivity index (χ4v) is 1.93. The lowest BCUT2D eigenvalue weighted by molar-refractivity contribution is 0.0638. The lowest BCUT2D eigenvalue weighted by atomic mass is 10.0. The molecule has 2 unspecified atom stereocenters. The van der Waals surface area contributed by atoms with E-state index in [4.69, 9.17) is 0 Å². The second-order valence-electron chi connectivity index (χ2n) is 3.82. The van der Waals surface area contributed by atoms with Crippen molar-refractivity contribution in [3.8, 4) is 0 Å². The number of likely N-dealkylation sites (N-methyl/N-ethyl adjacent to an activating group) is 1. The second kappa shape index (κ2) is 7.66. The van der Waals surface area contributed by atoms with Gasteiger partial charge in [0.1, 0.15) is 0 Å². The molecule has 2 atom stereocenters. The number of rotatable bonds is 5. The molecule has 0 fully saturated rings. The highest BCUT2D eigenvalue weighted by molar-refractivity contribution is 5.85. The third kappa shape index (κ3) is 3.78. The third-order valence-corrected chi connectivity index (χ3v) is 2.99. The Labute approximate surface area is 105 Å². The first-order chi connectivity index (χ1) is 7.20. The van der Waals surface area contributed by atoms with Crippen LogP contribution in [0.3, 0.4) is 0 Å². The van der Waals surface area contributed by atoms with Gasteiger partial charge in [0.05, 0.1) is 6.10 Å². The van der Waals surface area contributed by atoms with Crippen LogP contribution in [0.5, 0.6) is 0 Å². The summed E-state index contributed by atoms with van der Waals surface area (Å²) in [5.41, 5.74) is 0.997. The molecule has 1 aromatic rings. The first-order valence-electron chi connectivity index (χ1n) is 5.67. The van der Waals surface area contributed by atoms with E-state index in [9.17, 15) is 5.11 Å². The van der Waals surface area contributed by atoms with Gasteiger partial charge in [0.15, 0.2) is 0 Å². The third-order valence-electron chi connectivity index (χ3n) is 2.99. The van der Waals surface area contributed by atoms with Crippen molar-refractivity contribution < 1.29 is 5.11 Å². The molecule has 2 nitrogen and oxygen atoms in total. The smallest absolute Gasteiger partial charge is 0.0942 e. The van der Waals surface area contributed by atoms with Crippen LogP contribution in [0.25, 0.3) is 0 Å². The van der Waals surface area contributed by atoms with Gasteiger partial charge in [0, 0.05) is 6.04 Å². The van der Waals surface area contributed by atoms with Gasteiger partial charge < -0.3 is 5.11 Å². The van der Waals surface area contributed by atoms with Gasteiger partial charge in [-0.3, -0.25) is 4.90 Å². The summed E-state index contributed by atoms with van der Waals surface area (Å²) in [4.78, 5) is 2.26. The van der Waals surface area contributed by atoms with Crippen LogP contribution < -0.4 is 0 Å². The molecule has 0 aliphatic rings. The first kappa shape index (κ1) is 15.4. The van der Waals surface area contributed by atoms with Crippen molar-refractivity contribution in [2.75, 3.05) is 13.1 Å². The van der Waals surface area contributed by atoms with Gasteiger partial charge in [-0.15, -0.1) is 12.4 Å². The summed E-state index contributed by atoms with van der Waals surface area (Å²) in [5, 5.41) is 10.2. The Bertz CT molecular complexity index is 275. The van der Waals surface area contributed by atoms with E-state index in [-0.39, 0.29) is 18.4 Å². The number of benzene rings is 1. The van der Waals surface area contributed by atoms with Gasteiger partial charge in [-0.2, -0.15) is 0 Å². The Kier molecular flexibility index (Phi) is 7.39. The Balaban J connectivity index is 0.00000225. The standard InChI is InChI=1S/C13H21NO.ClH/c1-4-14(5-2)11(3)13(15)12-9-7-6-8-10-12;/h6-11,13,15H,4-5H2,1-3H3;1H. The van der Waals surface area contributed by atoms with Crippen molar-refractivity contribution in [1.82, 2.24) is 4.90 Å². The Morgan fingerprint density at radius 2 is 1.62 bits per heavy atom. The number of halogens is 1. The van der Waals surface area contributed by atoms with E-state index < -0.39 is 6.10 Å². The van der Waals surface area contributed by atoms with Crippen molar-refractivity contribution in [1.29, 1.82) is 0 Å². The molecule has 1 aromatic carbocycles. The van der Waals surface area contributed by atoms with E-state index >= 15 is 0 Å². The molecule has 0 bridgehead atoms. The zero-order valence-electron chi connectivity index (χ0n) is 10.3. The summed E-state index contributed by atoms with van der Waals surface area (Å²) < 4.78 is 0. The molecule has 0 aliphatic heterocycles. The minimum absolute atomic E-state index is 0.